The van der Waals surface area contributed by atoms with Gasteiger partial charge in [0.2, 0.25) is 11.8 Å². The largest absolute Gasteiger partial charge is 0.480 e. The number of ether oxygens (including phenoxy) is 3. The number of anilines is 3. The quantitative estimate of drug-likeness (QED) is 0.529. The minimum Gasteiger partial charge on any atom is -0.480 e. The summed E-state index contributed by atoms with van der Waals surface area (Å²) in [5.74, 6) is -0.0558. The standard InChI is InChI=1S/C23H24F3N5O3/c1-13-11-31(12-14(2)33-13)23-27-7-6-20(30-23)29-18-9-16(10-28-21(18)32-3)15-4-5-19(17(24)8-15)34-22(25)26/h4-10,13-14,22H,11-12H2,1-3H3,(H,27,29,30)/t13-,14+. The smallest absolute Gasteiger partial charge is 0.387 e. The molecule has 34 heavy (non-hydrogen) atoms. The van der Waals surface area contributed by atoms with Crippen molar-refractivity contribution in [1.29, 1.82) is 0 Å². The topological polar surface area (TPSA) is 81.6 Å². The van der Waals surface area contributed by atoms with Gasteiger partial charge < -0.3 is 24.4 Å². The van der Waals surface area contributed by atoms with E-state index in [1.54, 1.807) is 18.3 Å². The lowest BCUT2D eigenvalue weighted by molar-refractivity contribution is -0.0521. The zero-order valence-corrected chi connectivity index (χ0v) is 18.8. The van der Waals surface area contributed by atoms with E-state index in [0.29, 0.717) is 47.5 Å². The number of pyridine rings is 1. The number of rotatable bonds is 7. The maximum atomic E-state index is 14.2. The minimum atomic E-state index is -3.11. The Morgan fingerprint density at radius 1 is 1.09 bits per heavy atom. The van der Waals surface area contributed by atoms with Gasteiger partial charge in [-0.3, -0.25) is 0 Å². The van der Waals surface area contributed by atoms with Crippen molar-refractivity contribution in [2.45, 2.75) is 32.7 Å². The molecule has 2 atom stereocenters. The summed E-state index contributed by atoms with van der Waals surface area (Å²) in [5, 5.41) is 3.17. The Balaban J connectivity index is 1.59. The molecule has 0 amide bonds. The first-order valence-electron chi connectivity index (χ1n) is 10.6. The predicted octanol–water partition coefficient (Wildman–Crippen LogP) is 4.64. The van der Waals surface area contributed by atoms with Crippen molar-refractivity contribution in [3.8, 4) is 22.8 Å². The molecular weight excluding hydrogens is 451 g/mol. The highest BCUT2D eigenvalue weighted by Crippen LogP contribution is 2.32. The van der Waals surface area contributed by atoms with Crippen LogP contribution < -0.4 is 19.7 Å². The third-order valence-electron chi connectivity index (χ3n) is 5.13. The maximum absolute atomic E-state index is 14.2. The molecule has 0 unspecified atom stereocenters. The second-order valence-corrected chi connectivity index (χ2v) is 7.83. The molecule has 180 valence electrons. The van der Waals surface area contributed by atoms with E-state index in [4.69, 9.17) is 9.47 Å². The molecule has 1 N–H and O–H groups in total. The van der Waals surface area contributed by atoms with Crippen LogP contribution in [0.4, 0.5) is 30.6 Å². The summed E-state index contributed by atoms with van der Waals surface area (Å²) in [4.78, 5) is 15.3. The van der Waals surface area contributed by atoms with Crippen LogP contribution in [-0.2, 0) is 4.74 Å². The van der Waals surface area contributed by atoms with Gasteiger partial charge in [0.05, 0.1) is 19.3 Å². The highest BCUT2D eigenvalue weighted by molar-refractivity contribution is 5.72. The second kappa shape index (κ2) is 10.1. The molecule has 3 heterocycles. The van der Waals surface area contributed by atoms with E-state index in [9.17, 15) is 13.2 Å². The van der Waals surface area contributed by atoms with E-state index < -0.39 is 18.2 Å². The van der Waals surface area contributed by atoms with Crippen LogP contribution in [0.25, 0.3) is 11.1 Å². The van der Waals surface area contributed by atoms with Crippen LogP contribution in [0.1, 0.15) is 13.8 Å². The van der Waals surface area contributed by atoms with Crippen LogP contribution in [-0.4, -0.2) is 54.0 Å². The van der Waals surface area contributed by atoms with Crippen molar-refractivity contribution in [1.82, 2.24) is 15.0 Å². The van der Waals surface area contributed by atoms with Crippen LogP contribution in [0.2, 0.25) is 0 Å². The molecule has 0 aliphatic carbocycles. The van der Waals surface area contributed by atoms with Crippen LogP contribution >= 0.6 is 0 Å². The number of hydrogen-bond donors (Lipinski definition) is 1. The zero-order chi connectivity index (χ0) is 24.2. The Kier molecular flexibility index (Phi) is 7.01. The number of nitrogens with one attached hydrogen (secondary N) is 1. The summed E-state index contributed by atoms with van der Waals surface area (Å²) in [6.07, 6.45) is 3.26. The molecule has 3 aromatic rings. The van der Waals surface area contributed by atoms with Gasteiger partial charge in [0, 0.05) is 31.0 Å². The SMILES string of the molecule is COc1ncc(-c2ccc(OC(F)F)c(F)c2)cc1Nc1ccnc(N2C[C@@H](C)O[C@@H](C)C2)n1. The number of aromatic nitrogens is 3. The highest BCUT2D eigenvalue weighted by Gasteiger charge is 2.24. The number of hydrogen-bond acceptors (Lipinski definition) is 8. The third kappa shape index (κ3) is 5.48. The van der Waals surface area contributed by atoms with E-state index in [0.717, 1.165) is 12.1 Å². The molecule has 1 aliphatic rings. The first-order valence-corrected chi connectivity index (χ1v) is 10.6. The van der Waals surface area contributed by atoms with Crippen LogP contribution in [0.15, 0.2) is 42.7 Å². The molecule has 0 saturated carbocycles. The Morgan fingerprint density at radius 3 is 2.53 bits per heavy atom. The summed E-state index contributed by atoms with van der Waals surface area (Å²) < 4.78 is 54.3. The number of alkyl halides is 2. The fourth-order valence-electron chi connectivity index (χ4n) is 3.78. The first-order chi connectivity index (χ1) is 16.3. The predicted molar refractivity (Wildman–Crippen MR) is 120 cm³/mol. The van der Waals surface area contributed by atoms with Gasteiger partial charge in [-0.25, -0.2) is 14.4 Å². The lowest BCUT2D eigenvalue weighted by atomic mass is 10.1. The Bertz CT molecular complexity index is 1140. The fourth-order valence-corrected chi connectivity index (χ4v) is 3.78. The van der Waals surface area contributed by atoms with Gasteiger partial charge >= 0.3 is 6.61 Å². The van der Waals surface area contributed by atoms with E-state index >= 15 is 0 Å². The Morgan fingerprint density at radius 2 is 1.85 bits per heavy atom. The molecule has 0 radical (unpaired) electrons. The monoisotopic (exact) mass is 475 g/mol. The molecule has 1 aliphatic heterocycles. The number of morpholine rings is 1. The first kappa shape index (κ1) is 23.6. The normalized spacial score (nSPS) is 18.1. The van der Waals surface area contributed by atoms with Gasteiger partial charge in [0.1, 0.15) is 11.5 Å². The Hall–Kier alpha value is -3.60. The van der Waals surface area contributed by atoms with E-state index in [-0.39, 0.29) is 12.2 Å². The summed E-state index contributed by atoms with van der Waals surface area (Å²) in [6, 6.07) is 7.13. The zero-order valence-electron chi connectivity index (χ0n) is 18.8. The molecular formula is C23H24F3N5O3. The number of methoxy groups -OCH3 is 1. The number of halogens is 3. The van der Waals surface area contributed by atoms with E-state index in [1.807, 2.05) is 13.8 Å². The fraction of sp³-hybridized carbons (Fsp3) is 0.348. The molecule has 1 aromatic carbocycles. The van der Waals surface area contributed by atoms with Crippen molar-refractivity contribution >= 4 is 17.5 Å². The van der Waals surface area contributed by atoms with Crippen LogP contribution in [0, 0.1) is 5.82 Å². The van der Waals surface area contributed by atoms with Crippen molar-refractivity contribution in [3.05, 3.63) is 48.5 Å². The number of benzene rings is 1. The van der Waals surface area contributed by atoms with Gasteiger partial charge in [-0.1, -0.05) is 6.07 Å². The summed E-state index contributed by atoms with van der Waals surface area (Å²) >= 11 is 0. The van der Waals surface area contributed by atoms with Crippen molar-refractivity contribution in [3.63, 3.8) is 0 Å². The number of nitrogens with zero attached hydrogens (tertiary/aromatic N) is 4. The van der Waals surface area contributed by atoms with E-state index in [2.05, 4.69) is 29.9 Å². The van der Waals surface area contributed by atoms with Gasteiger partial charge in [-0.2, -0.15) is 13.8 Å². The van der Waals surface area contributed by atoms with Crippen molar-refractivity contribution in [2.24, 2.45) is 0 Å². The van der Waals surface area contributed by atoms with Crippen molar-refractivity contribution in [2.75, 3.05) is 30.4 Å². The average molecular weight is 475 g/mol. The third-order valence-corrected chi connectivity index (χ3v) is 5.13. The lowest BCUT2D eigenvalue weighted by Gasteiger charge is -2.35. The van der Waals surface area contributed by atoms with Gasteiger partial charge in [-0.05, 0) is 43.7 Å². The summed E-state index contributed by atoms with van der Waals surface area (Å²) in [6.45, 7) is 2.24. The summed E-state index contributed by atoms with van der Waals surface area (Å²) in [7, 11) is 1.48. The van der Waals surface area contributed by atoms with Gasteiger partial charge in [0.15, 0.2) is 11.6 Å². The van der Waals surface area contributed by atoms with Crippen LogP contribution in [0.5, 0.6) is 11.6 Å². The average Bonchev–Trinajstić information content (AvgIpc) is 2.79. The van der Waals surface area contributed by atoms with Crippen molar-refractivity contribution < 1.29 is 27.4 Å². The summed E-state index contributed by atoms with van der Waals surface area (Å²) in [5.41, 5.74) is 1.45. The second-order valence-electron chi connectivity index (χ2n) is 7.83. The minimum absolute atomic E-state index is 0.0582. The van der Waals surface area contributed by atoms with Gasteiger partial charge in [0.25, 0.3) is 0 Å². The molecule has 4 rings (SSSR count). The van der Waals surface area contributed by atoms with Crippen LogP contribution in [0.3, 0.4) is 0 Å². The molecule has 2 aromatic heterocycles. The van der Waals surface area contributed by atoms with Gasteiger partial charge in [-0.15, -0.1) is 0 Å². The molecule has 0 bridgehead atoms. The lowest BCUT2D eigenvalue weighted by Crippen LogP contribution is -2.46. The molecule has 1 fully saturated rings. The molecule has 1 saturated heterocycles. The van der Waals surface area contributed by atoms with E-state index in [1.165, 1.54) is 19.4 Å². The molecule has 8 nitrogen and oxygen atoms in total. The Labute approximate surface area is 194 Å². The maximum Gasteiger partial charge on any atom is 0.387 e. The molecule has 11 heteroatoms. The molecule has 0 spiro atoms. The highest BCUT2D eigenvalue weighted by atomic mass is 19.3.